The fraction of sp³-hybridized carbons (Fsp3) is 0.939. The smallest absolute Gasteiger partial charge is 0.305 e. The quantitative estimate of drug-likeness (QED) is 0.0725. The fourth-order valence-electron chi connectivity index (χ4n) is 4.79. The van der Waals surface area contributed by atoms with E-state index in [-0.39, 0.29) is 25.2 Å². The van der Waals surface area contributed by atoms with E-state index in [9.17, 15) is 14.7 Å². The minimum atomic E-state index is -0.952. The first-order valence-corrected chi connectivity index (χ1v) is 16.6. The number of aliphatic hydroxyl groups excluding tert-OH is 1. The maximum atomic E-state index is 11.9. The highest BCUT2D eigenvalue weighted by atomic mass is 16.6. The lowest BCUT2D eigenvalue weighted by atomic mass is 10.0. The summed E-state index contributed by atoms with van der Waals surface area (Å²) < 4.78 is 10.3. The third kappa shape index (κ3) is 29.5. The van der Waals surface area contributed by atoms with E-state index >= 15 is 0 Å². The highest BCUT2D eigenvalue weighted by Gasteiger charge is 2.12. The fourth-order valence-corrected chi connectivity index (χ4v) is 4.79. The van der Waals surface area contributed by atoms with Gasteiger partial charge in [-0.3, -0.25) is 9.59 Å². The third-order valence-corrected chi connectivity index (χ3v) is 7.34. The van der Waals surface area contributed by atoms with E-state index in [2.05, 4.69) is 13.8 Å². The van der Waals surface area contributed by atoms with Gasteiger partial charge in [-0.05, 0) is 12.8 Å². The van der Waals surface area contributed by atoms with Crippen molar-refractivity contribution in [2.75, 3.05) is 13.2 Å². The van der Waals surface area contributed by atoms with Crippen molar-refractivity contribution in [2.24, 2.45) is 0 Å². The summed E-state index contributed by atoms with van der Waals surface area (Å²) in [6.07, 6.45) is 30.0. The monoisotopic (exact) mass is 540 g/mol. The Labute approximate surface area is 236 Å². The van der Waals surface area contributed by atoms with Crippen molar-refractivity contribution in [3.63, 3.8) is 0 Å². The summed E-state index contributed by atoms with van der Waals surface area (Å²) in [6.45, 7) is 4.29. The van der Waals surface area contributed by atoms with Gasteiger partial charge in [-0.25, -0.2) is 0 Å². The summed E-state index contributed by atoms with van der Waals surface area (Å²) in [5, 5.41) is 9.94. The van der Waals surface area contributed by atoms with Gasteiger partial charge in [0, 0.05) is 12.8 Å². The van der Waals surface area contributed by atoms with Gasteiger partial charge >= 0.3 is 11.9 Å². The van der Waals surface area contributed by atoms with E-state index in [1.807, 2.05) is 0 Å². The van der Waals surface area contributed by atoms with Crippen LogP contribution >= 0.6 is 0 Å². The van der Waals surface area contributed by atoms with Gasteiger partial charge in [0.2, 0.25) is 0 Å². The minimum absolute atomic E-state index is 0.108. The lowest BCUT2D eigenvalue weighted by Gasteiger charge is -2.12. The molecule has 0 amide bonds. The van der Waals surface area contributed by atoms with Gasteiger partial charge in [0.15, 0.2) is 0 Å². The van der Waals surface area contributed by atoms with Crippen molar-refractivity contribution in [1.82, 2.24) is 0 Å². The molecule has 1 atom stereocenters. The van der Waals surface area contributed by atoms with Crippen LogP contribution in [0.15, 0.2) is 0 Å². The van der Waals surface area contributed by atoms with Crippen LogP contribution in [0.1, 0.15) is 181 Å². The highest BCUT2D eigenvalue weighted by Crippen LogP contribution is 2.14. The zero-order valence-electron chi connectivity index (χ0n) is 25.5. The van der Waals surface area contributed by atoms with E-state index in [1.165, 1.54) is 128 Å². The molecule has 0 saturated heterocycles. The summed E-state index contributed by atoms with van der Waals surface area (Å²) >= 11 is 0. The number of aliphatic hydroxyl groups is 1. The zero-order valence-corrected chi connectivity index (χ0v) is 25.5. The molecule has 0 aromatic heterocycles. The zero-order chi connectivity index (χ0) is 27.9. The second-order valence-corrected chi connectivity index (χ2v) is 11.3. The average molecular weight is 541 g/mol. The first-order chi connectivity index (χ1) is 18.6. The highest BCUT2D eigenvalue weighted by molar-refractivity contribution is 5.69. The predicted molar refractivity (Wildman–Crippen MR) is 159 cm³/mol. The molecule has 0 aliphatic rings. The normalized spacial score (nSPS) is 12.0. The summed E-state index contributed by atoms with van der Waals surface area (Å²) in [5.41, 5.74) is 0. The molecule has 1 N–H and O–H groups in total. The van der Waals surface area contributed by atoms with Crippen LogP contribution in [0.3, 0.4) is 0 Å². The van der Waals surface area contributed by atoms with Crippen LogP contribution < -0.4 is 0 Å². The maximum absolute atomic E-state index is 11.9. The Kier molecular flexibility index (Phi) is 29.6. The number of rotatable bonds is 30. The van der Waals surface area contributed by atoms with Crippen LogP contribution in [0.2, 0.25) is 0 Å². The standard InChI is InChI=1S/C33H64O5/c1-3-5-7-9-11-13-15-16-18-20-22-24-26-28-33(36)38-30-31(34)29-37-32(35)27-25-23-21-19-17-14-12-10-8-6-4-2/h31,34H,3-30H2,1-2H3/t31-/m0/s1. The average Bonchev–Trinajstić information content (AvgIpc) is 2.92. The number of ether oxygens (including phenoxy) is 2. The molecule has 0 aliphatic carbocycles. The molecule has 0 heterocycles. The van der Waals surface area contributed by atoms with Crippen molar-refractivity contribution in [3.05, 3.63) is 0 Å². The molecule has 0 saturated carbocycles. The van der Waals surface area contributed by atoms with Gasteiger partial charge in [-0.2, -0.15) is 0 Å². The molecule has 5 nitrogen and oxygen atoms in total. The molecule has 5 heteroatoms. The molecule has 226 valence electrons. The number of esters is 2. The SMILES string of the molecule is CCCCCCCCCCCCCCCC(=O)OC[C@@H](O)COC(=O)CCCCCCCCCCCCC. The molecule has 0 rings (SSSR count). The molecular weight excluding hydrogens is 476 g/mol. The van der Waals surface area contributed by atoms with Gasteiger partial charge < -0.3 is 14.6 Å². The van der Waals surface area contributed by atoms with Gasteiger partial charge in [0.1, 0.15) is 19.3 Å². The Bertz CT molecular complexity index is 508. The van der Waals surface area contributed by atoms with Crippen LogP contribution in [0.25, 0.3) is 0 Å². The molecule has 0 unspecified atom stereocenters. The second-order valence-electron chi connectivity index (χ2n) is 11.3. The van der Waals surface area contributed by atoms with E-state index in [4.69, 9.17) is 9.47 Å². The van der Waals surface area contributed by atoms with Crippen LogP contribution in [0.4, 0.5) is 0 Å². The molecule has 38 heavy (non-hydrogen) atoms. The Hall–Kier alpha value is -1.10. The van der Waals surface area contributed by atoms with Crippen LogP contribution in [0.5, 0.6) is 0 Å². The Morgan fingerprint density at radius 2 is 0.684 bits per heavy atom. The Morgan fingerprint density at radius 1 is 0.447 bits per heavy atom. The predicted octanol–water partition coefficient (Wildman–Crippen LogP) is 9.62. The topological polar surface area (TPSA) is 72.8 Å². The Balaban J connectivity index is 3.40. The molecule has 0 aromatic rings. The summed E-state index contributed by atoms with van der Waals surface area (Å²) in [7, 11) is 0. The maximum Gasteiger partial charge on any atom is 0.305 e. The molecule has 0 aliphatic heterocycles. The van der Waals surface area contributed by atoms with E-state index in [1.54, 1.807) is 0 Å². The number of carbonyl (C=O) groups is 2. The lowest BCUT2D eigenvalue weighted by Crippen LogP contribution is -2.25. The summed E-state index contributed by atoms with van der Waals surface area (Å²) in [4.78, 5) is 23.7. The largest absolute Gasteiger partial charge is 0.463 e. The minimum Gasteiger partial charge on any atom is -0.463 e. The molecular formula is C33H64O5. The van der Waals surface area contributed by atoms with Crippen molar-refractivity contribution in [1.29, 1.82) is 0 Å². The number of hydrogen-bond donors (Lipinski definition) is 1. The second kappa shape index (κ2) is 30.4. The van der Waals surface area contributed by atoms with E-state index in [0.717, 1.165) is 25.7 Å². The van der Waals surface area contributed by atoms with Crippen LogP contribution in [-0.4, -0.2) is 36.4 Å². The van der Waals surface area contributed by atoms with E-state index < -0.39 is 6.10 Å². The number of unbranched alkanes of at least 4 members (excludes halogenated alkanes) is 22. The van der Waals surface area contributed by atoms with Gasteiger partial charge in [0.05, 0.1) is 0 Å². The molecule has 0 fully saturated rings. The van der Waals surface area contributed by atoms with Crippen molar-refractivity contribution < 1.29 is 24.2 Å². The summed E-state index contributed by atoms with van der Waals surface area (Å²) in [6, 6.07) is 0. The van der Waals surface area contributed by atoms with E-state index in [0.29, 0.717) is 12.8 Å². The first kappa shape index (κ1) is 36.9. The van der Waals surface area contributed by atoms with Gasteiger partial charge in [-0.1, -0.05) is 155 Å². The first-order valence-electron chi connectivity index (χ1n) is 16.6. The van der Waals surface area contributed by atoms with Crippen molar-refractivity contribution >= 4 is 11.9 Å². The third-order valence-electron chi connectivity index (χ3n) is 7.34. The molecule has 0 spiro atoms. The van der Waals surface area contributed by atoms with Crippen molar-refractivity contribution in [3.8, 4) is 0 Å². The lowest BCUT2D eigenvalue weighted by molar-refractivity contribution is -0.152. The Morgan fingerprint density at radius 3 is 0.947 bits per heavy atom. The van der Waals surface area contributed by atoms with Gasteiger partial charge in [-0.15, -0.1) is 0 Å². The van der Waals surface area contributed by atoms with Crippen LogP contribution in [-0.2, 0) is 19.1 Å². The van der Waals surface area contributed by atoms with Crippen LogP contribution in [0, 0.1) is 0 Å². The van der Waals surface area contributed by atoms with Gasteiger partial charge in [0.25, 0.3) is 0 Å². The summed E-state index contributed by atoms with van der Waals surface area (Å²) in [5.74, 6) is -0.558. The molecule has 0 bridgehead atoms. The molecule has 0 radical (unpaired) electrons. The molecule has 0 aromatic carbocycles. The van der Waals surface area contributed by atoms with Crippen molar-refractivity contribution in [2.45, 2.75) is 187 Å². The number of hydrogen-bond acceptors (Lipinski definition) is 5. The number of carbonyl (C=O) groups excluding carboxylic acids is 2.